The van der Waals surface area contributed by atoms with Gasteiger partial charge >= 0.3 is 12.1 Å². The van der Waals surface area contributed by atoms with Crippen molar-refractivity contribution >= 4 is 5.97 Å². The highest BCUT2D eigenvalue weighted by molar-refractivity contribution is 5.89. The van der Waals surface area contributed by atoms with Crippen LogP contribution in [0.3, 0.4) is 0 Å². The number of benzene rings is 2. The second-order valence-electron chi connectivity index (χ2n) is 4.93. The average molecular weight is 319 g/mol. The van der Waals surface area contributed by atoms with Crippen LogP contribution in [0, 0.1) is 18.3 Å². The van der Waals surface area contributed by atoms with Crippen molar-refractivity contribution in [2.75, 3.05) is 0 Å². The molecular weight excluding hydrogens is 307 g/mol. The van der Waals surface area contributed by atoms with Crippen molar-refractivity contribution in [3.63, 3.8) is 0 Å². The lowest BCUT2D eigenvalue weighted by atomic mass is 10.1. The number of alkyl halides is 3. The molecule has 0 bridgehead atoms. The topological polar surface area (TPSA) is 50.1 Å². The molecule has 1 atom stereocenters. The van der Waals surface area contributed by atoms with Gasteiger partial charge in [-0.05, 0) is 31.2 Å². The van der Waals surface area contributed by atoms with E-state index in [2.05, 4.69) is 4.74 Å². The highest BCUT2D eigenvalue weighted by atomic mass is 19.4. The maximum Gasteiger partial charge on any atom is 0.429 e. The highest BCUT2D eigenvalue weighted by Gasteiger charge is 2.44. The Morgan fingerprint density at radius 1 is 1.09 bits per heavy atom. The third-order valence-corrected chi connectivity index (χ3v) is 3.15. The van der Waals surface area contributed by atoms with Crippen LogP contribution in [0.5, 0.6) is 0 Å². The van der Waals surface area contributed by atoms with Crippen molar-refractivity contribution in [3.8, 4) is 6.07 Å². The molecule has 0 saturated carbocycles. The summed E-state index contributed by atoms with van der Waals surface area (Å²) in [6.07, 6.45) is -7.07. The van der Waals surface area contributed by atoms with Gasteiger partial charge in [0.15, 0.2) is 0 Å². The molecule has 0 amide bonds. The third kappa shape index (κ3) is 4.10. The van der Waals surface area contributed by atoms with E-state index in [-0.39, 0.29) is 11.1 Å². The van der Waals surface area contributed by atoms with Gasteiger partial charge in [-0.2, -0.15) is 18.4 Å². The van der Waals surface area contributed by atoms with Gasteiger partial charge in [0.1, 0.15) is 0 Å². The monoisotopic (exact) mass is 319 g/mol. The van der Waals surface area contributed by atoms with Gasteiger partial charge in [-0.1, -0.05) is 29.8 Å². The number of hydrogen-bond acceptors (Lipinski definition) is 3. The van der Waals surface area contributed by atoms with Crippen LogP contribution in [0.1, 0.15) is 33.2 Å². The van der Waals surface area contributed by atoms with E-state index in [1.807, 2.05) is 6.07 Å². The van der Waals surface area contributed by atoms with E-state index in [9.17, 15) is 18.0 Å². The fourth-order valence-electron chi connectivity index (χ4n) is 1.92. The van der Waals surface area contributed by atoms with Gasteiger partial charge in [0, 0.05) is 5.56 Å². The summed E-state index contributed by atoms with van der Waals surface area (Å²) in [6.45, 7) is 1.75. The molecule has 0 spiro atoms. The van der Waals surface area contributed by atoms with E-state index >= 15 is 0 Å². The maximum atomic E-state index is 13.2. The molecule has 118 valence electrons. The Kier molecular flexibility index (Phi) is 4.70. The summed E-state index contributed by atoms with van der Waals surface area (Å²) in [5.41, 5.74) is 0.899. The van der Waals surface area contributed by atoms with Crippen molar-refractivity contribution in [3.05, 3.63) is 70.8 Å². The molecule has 0 aliphatic carbocycles. The van der Waals surface area contributed by atoms with Crippen LogP contribution in [0.2, 0.25) is 0 Å². The lowest BCUT2D eigenvalue weighted by molar-refractivity contribution is -0.207. The van der Waals surface area contributed by atoms with Crippen LogP contribution in [0.25, 0.3) is 0 Å². The zero-order valence-electron chi connectivity index (χ0n) is 12.1. The summed E-state index contributed by atoms with van der Waals surface area (Å²) >= 11 is 0. The van der Waals surface area contributed by atoms with Crippen LogP contribution in [-0.4, -0.2) is 12.1 Å². The third-order valence-electron chi connectivity index (χ3n) is 3.15. The zero-order valence-corrected chi connectivity index (χ0v) is 12.1. The summed E-state index contributed by atoms with van der Waals surface area (Å²) in [5, 5.41) is 8.68. The lowest BCUT2D eigenvalue weighted by Crippen LogP contribution is -2.26. The number of carbonyl (C=O) groups excluding carboxylic acids is 1. The average Bonchev–Trinajstić information content (AvgIpc) is 2.52. The molecule has 0 aliphatic heterocycles. The van der Waals surface area contributed by atoms with Crippen LogP contribution in [-0.2, 0) is 4.74 Å². The summed E-state index contributed by atoms with van der Waals surface area (Å²) < 4.78 is 44.2. The quantitative estimate of drug-likeness (QED) is 0.791. The predicted octanol–water partition coefficient (Wildman–Crippen LogP) is 4.33. The lowest BCUT2D eigenvalue weighted by Gasteiger charge is -2.21. The fraction of sp³-hybridized carbons (Fsp3) is 0.176. The molecule has 0 aromatic heterocycles. The molecule has 3 nitrogen and oxygen atoms in total. The number of nitriles is 1. The highest BCUT2D eigenvalue weighted by Crippen LogP contribution is 2.36. The number of ether oxygens (including phenoxy) is 1. The summed E-state index contributed by atoms with van der Waals surface area (Å²) in [6, 6.07) is 12.6. The molecule has 0 heterocycles. The largest absolute Gasteiger partial charge is 0.444 e. The minimum atomic E-state index is -4.72. The number of nitrogens with zero attached hydrogens (tertiary/aromatic N) is 1. The first-order valence-corrected chi connectivity index (χ1v) is 6.65. The number of carbonyl (C=O) groups is 1. The minimum Gasteiger partial charge on any atom is -0.444 e. The Morgan fingerprint density at radius 3 is 2.13 bits per heavy atom. The van der Waals surface area contributed by atoms with Gasteiger partial charge in [-0.3, -0.25) is 0 Å². The number of rotatable bonds is 3. The molecule has 0 unspecified atom stereocenters. The van der Waals surface area contributed by atoms with Gasteiger partial charge in [0.05, 0.1) is 17.2 Å². The van der Waals surface area contributed by atoms with Gasteiger partial charge in [-0.25, -0.2) is 4.79 Å². The Bertz CT molecular complexity index is 728. The van der Waals surface area contributed by atoms with Crippen molar-refractivity contribution < 1.29 is 22.7 Å². The smallest absolute Gasteiger partial charge is 0.429 e. The molecule has 0 saturated heterocycles. The van der Waals surface area contributed by atoms with E-state index in [1.54, 1.807) is 6.92 Å². The normalized spacial score (nSPS) is 12.3. The number of aryl methyl sites for hydroxylation is 1. The molecule has 2 aromatic rings. The SMILES string of the molecule is Cc1ccc([C@@H](OC(=O)c2ccc(C#N)cc2)C(F)(F)F)cc1. The minimum absolute atomic E-state index is 0.0506. The van der Waals surface area contributed by atoms with E-state index in [4.69, 9.17) is 5.26 Å². The van der Waals surface area contributed by atoms with E-state index in [0.717, 1.165) is 5.56 Å². The van der Waals surface area contributed by atoms with E-state index in [0.29, 0.717) is 5.56 Å². The molecule has 0 radical (unpaired) electrons. The number of hydrogen-bond donors (Lipinski definition) is 0. The van der Waals surface area contributed by atoms with Crippen LogP contribution < -0.4 is 0 Å². The second-order valence-corrected chi connectivity index (χ2v) is 4.93. The van der Waals surface area contributed by atoms with Crippen molar-refractivity contribution in [1.29, 1.82) is 5.26 Å². The number of esters is 1. The molecule has 0 N–H and O–H groups in total. The van der Waals surface area contributed by atoms with Gasteiger partial charge in [0.25, 0.3) is 0 Å². The van der Waals surface area contributed by atoms with Gasteiger partial charge in [0.2, 0.25) is 6.10 Å². The van der Waals surface area contributed by atoms with Gasteiger partial charge < -0.3 is 4.74 Å². The first-order valence-electron chi connectivity index (χ1n) is 6.65. The standard InChI is InChI=1S/C17H12F3NO2/c1-11-2-6-13(7-3-11)15(17(18,19)20)23-16(22)14-8-4-12(10-21)5-9-14/h2-9,15H,1H3/t15-/m1/s1. The summed E-state index contributed by atoms with van der Waals surface area (Å²) in [4.78, 5) is 11.9. The van der Waals surface area contributed by atoms with Crippen molar-refractivity contribution in [2.24, 2.45) is 0 Å². The molecule has 23 heavy (non-hydrogen) atoms. The van der Waals surface area contributed by atoms with Gasteiger partial charge in [-0.15, -0.1) is 0 Å². The predicted molar refractivity (Wildman–Crippen MR) is 76.5 cm³/mol. The maximum absolute atomic E-state index is 13.2. The van der Waals surface area contributed by atoms with Crippen molar-refractivity contribution in [1.82, 2.24) is 0 Å². The zero-order chi connectivity index (χ0) is 17.0. The first kappa shape index (κ1) is 16.6. The summed E-state index contributed by atoms with van der Waals surface area (Å²) in [7, 11) is 0. The fourth-order valence-corrected chi connectivity index (χ4v) is 1.92. The summed E-state index contributed by atoms with van der Waals surface area (Å²) in [5.74, 6) is -1.10. The van der Waals surface area contributed by atoms with Crippen LogP contribution >= 0.6 is 0 Å². The van der Waals surface area contributed by atoms with E-state index < -0.39 is 18.2 Å². The van der Waals surface area contributed by atoms with Crippen molar-refractivity contribution in [2.45, 2.75) is 19.2 Å². The Labute approximate surface area is 130 Å². The molecular formula is C17H12F3NO2. The molecule has 6 heteroatoms. The molecule has 2 rings (SSSR count). The first-order chi connectivity index (χ1) is 10.8. The van der Waals surface area contributed by atoms with Crippen LogP contribution in [0.4, 0.5) is 13.2 Å². The molecule has 0 fully saturated rings. The molecule has 2 aromatic carbocycles. The molecule has 0 aliphatic rings. The Balaban J connectivity index is 2.25. The van der Waals surface area contributed by atoms with E-state index in [1.165, 1.54) is 48.5 Å². The number of halogens is 3. The van der Waals surface area contributed by atoms with Crippen LogP contribution in [0.15, 0.2) is 48.5 Å². The Hall–Kier alpha value is -2.81. The second kappa shape index (κ2) is 6.53. The Morgan fingerprint density at radius 2 is 1.65 bits per heavy atom.